The summed E-state index contributed by atoms with van der Waals surface area (Å²) in [6.07, 6.45) is 3.50. The highest BCUT2D eigenvalue weighted by molar-refractivity contribution is 6.03. The van der Waals surface area contributed by atoms with Crippen LogP contribution in [0.2, 0.25) is 0 Å². The molecule has 0 aliphatic heterocycles. The monoisotopic (exact) mass is 243 g/mol. The van der Waals surface area contributed by atoms with E-state index in [2.05, 4.69) is 10.4 Å². The highest BCUT2D eigenvalue weighted by Crippen LogP contribution is 2.25. The van der Waals surface area contributed by atoms with Gasteiger partial charge >= 0.3 is 0 Å². The van der Waals surface area contributed by atoms with Gasteiger partial charge in [0.2, 0.25) is 5.91 Å². The lowest BCUT2D eigenvalue weighted by Gasteiger charge is -2.04. The van der Waals surface area contributed by atoms with Gasteiger partial charge < -0.3 is 9.73 Å². The third-order valence-electron chi connectivity index (χ3n) is 2.93. The average Bonchev–Trinajstić information content (AvgIpc) is 2.93. The fourth-order valence-electron chi connectivity index (χ4n) is 2.13. The summed E-state index contributed by atoms with van der Waals surface area (Å²) in [5.41, 5.74) is 1.90. The number of rotatable bonds is 3. The molecule has 0 radical (unpaired) electrons. The van der Waals surface area contributed by atoms with E-state index in [1.54, 1.807) is 6.26 Å². The van der Waals surface area contributed by atoms with E-state index in [1.165, 1.54) is 6.92 Å². The van der Waals surface area contributed by atoms with E-state index in [0.29, 0.717) is 13.1 Å². The molecular formula is C13H13N3O2. The molecule has 92 valence electrons. The van der Waals surface area contributed by atoms with Crippen LogP contribution in [0.1, 0.15) is 6.92 Å². The Kier molecular flexibility index (Phi) is 2.51. The van der Waals surface area contributed by atoms with Crippen molar-refractivity contribution in [2.45, 2.75) is 13.5 Å². The summed E-state index contributed by atoms with van der Waals surface area (Å²) in [5, 5.41) is 9.24. The largest absolute Gasteiger partial charge is 0.464 e. The van der Waals surface area contributed by atoms with Gasteiger partial charge in [0.1, 0.15) is 5.58 Å². The number of hydrogen-bond acceptors (Lipinski definition) is 3. The molecule has 0 bridgehead atoms. The molecule has 0 saturated carbocycles. The van der Waals surface area contributed by atoms with E-state index in [-0.39, 0.29) is 5.91 Å². The zero-order valence-corrected chi connectivity index (χ0v) is 10.0. The second kappa shape index (κ2) is 4.18. The molecule has 2 heterocycles. The predicted molar refractivity (Wildman–Crippen MR) is 68.2 cm³/mol. The molecule has 18 heavy (non-hydrogen) atoms. The second-order valence-electron chi connectivity index (χ2n) is 4.19. The van der Waals surface area contributed by atoms with Crippen LogP contribution >= 0.6 is 0 Å². The Balaban J connectivity index is 2.01. The van der Waals surface area contributed by atoms with E-state index in [0.717, 1.165) is 21.9 Å². The number of aromatic nitrogens is 2. The maximum atomic E-state index is 10.9. The quantitative estimate of drug-likeness (QED) is 0.764. The normalized spacial score (nSPS) is 11.2. The summed E-state index contributed by atoms with van der Waals surface area (Å²) in [6.45, 7) is 2.73. The van der Waals surface area contributed by atoms with Crippen LogP contribution in [0.4, 0.5) is 0 Å². The van der Waals surface area contributed by atoms with Crippen LogP contribution in [0.5, 0.6) is 0 Å². The molecule has 0 unspecified atom stereocenters. The first kappa shape index (κ1) is 10.8. The zero-order valence-electron chi connectivity index (χ0n) is 10.0. The van der Waals surface area contributed by atoms with E-state index in [1.807, 2.05) is 29.1 Å². The van der Waals surface area contributed by atoms with Crippen LogP contribution in [0, 0.1) is 0 Å². The number of furan rings is 1. The first-order chi connectivity index (χ1) is 8.75. The number of amides is 1. The molecule has 0 spiro atoms. The Bertz CT molecular complexity index is 711. The Morgan fingerprint density at radius 2 is 2.33 bits per heavy atom. The number of fused-ring (bicyclic) bond motifs is 3. The highest BCUT2D eigenvalue weighted by atomic mass is 16.3. The summed E-state index contributed by atoms with van der Waals surface area (Å²) in [7, 11) is 0. The minimum absolute atomic E-state index is 0.0279. The van der Waals surface area contributed by atoms with Gasteiger partial charge in [-0.25, -0.2) is 0 Å². The first-order valence-corrected chi connectivity index (χ1v) is 5.82. The SMILES string of the molecule is CC(=O)NCCn1ncc2ccc3occc3c21. The van der Waals surface area contributed by atoms with Gasteiger partial charge in [-0.2, -0.15) is 5.10 Å². The zero-order chi connectivity index (χ0) is 12.5. The van der Waals surface area contributed by atoms with E-state index in [9.17, 15) is 4.79 Å². The van der Waals surface area contributed by atoms with Crippen molar-refractivity contribution < 1.29 is 9.21 Å². The standard InChI is InChI=1S/C13H13N3O2/c1-9(17)14-5-6-16-13-10(8-15-16)2-3-12-11(13)4-7-18-12/h2-4,7-8H,5-6H2,1H3,(H,14,17). The van der Waals surface area contributed by atoms with Crippen molar-refractivity contribution in [2.75, 3.05) is 6.54 Å². The molecule has 0 aliphatic carbocycles. The van der Waals surface area contributed by atoms with Crippen molar-refractivity contribution in [3.8, 4) is 0 Å². The third kappa shape index (κ3) is 1.73. The predicted octanol–water partition coefficient (Wildman–Crippen LogP) is 1.92. The van der Waals surface area contributed by atoms with Gasteiger partial charge in [-0.15, -0.1) is 0 Å². The summed E-state index contributed by atoms with van der Waals surface area (Å²) in [4.78, 5) is 10.9. The van der Waals surface area contributed by atoms with Gasteiger partial charge in [0, 0.05) is 24.2 Å². The molecule has 3 rings (SSSR count). The van der Waals surface area contributed by atoms with Crippen molar-refractivity contribution in [1.29, 1.82) is 0 Å². The molecule has 3 aromatic rings. The van der Waals surface area contributed by atoms with Gasteiger partial charge in [0.25, 0.3) is 0 Å². The molecule has 0 aliphatic rings. The van der Waals surface area contributed by atoms with Crippen LogP contribution in [0.15, 0.2) is 35.1 Å². The van der Waals surface area contributed by atoms with E-state index in [4.69, 9.17) is 4.42 Å². The Hall–Kier alpha value is -2.30. The van der Waals surface area contributed by atoms with Crippen LogP contribution in [-0.4, -0.2) is 22.2 Å². The fraction of sp³-hybridized carbons (Fsp3) is 0.231. The van der Waals surface area contributed by atoms with E-state index >= 15 is 0 Å². The summed E-state index contributed by atoms with van der Waals surface area (Å²) in [6, 6.07) is 5.87. The number of hydrogen-bond donors (Lipinski definition) is 1. The topological polar surface area (TPSA) is 60.1 Å². The maximum Gasteiger partial charge on any atom is 0.216 e. The molecule has 0 atom stereocenters. The fourth-order valence-corrected chi connectivity index (χ4v) is 2.13. The number of nitrogens with one attached hydrogen (secondary N) is 1. The van der Waals surface area contributed by atoms with Crippen molar-refractivity contribution >= 4 is 27.8 Å². The molecule has 5 nitrogen and oxygen atoms in total. The van der Waals surface area contributed by atoms with Gasteiger partial charge in [-0.1, -0.05) is 0 Å². The lowest BCUT2D eigenvalue weighted by Crippen LogP contribution is -2.24. The van der Waals surface area contributed by atoms with E-state index < -0.39 is 0 Å². The smallest absolute Gasteiger partial charge is 0.216 e. The molecule has 5 heteroatoms. The van der Waals surface area contributed by atoms with Crippen molar-refractivity contribution in [3.05, 3.63) is 30.7 Å². The van der Waals surface area contributed by atoms with Crippen LogP contribution < -0.4 is 5.32 Å². The van der Waals surface area contributed by atoms with Crippen LogP contribution in [-0.2, 0) is 11.3 Å². The Morgan fingerprint density at radius 3 is 3.17 bits per heavy atom. The average molecular weight is 243 g/mol. The van der Waals surface area contributed by atoms with Crippen LogP contribution in [0.25, 0.3) is 21.9 Å². The van der Waals surface area contributed by atoms with Gasteiger partial charge in [-0.05, 0) is 18.2 Å². The second-order valence-corrected chi connectivity index (χ2v) is 4.19. The summed E-state index contributed by atoms with van der Waals surface area (Å²) < 4.78 is 7.27. The third-order valence-corrected chi connectivity index (χ3v) is 2.93. The lowest BCUT2D eigenvalue weighted by molar-refractivity contribution is -0.118. The molecule has 1 amide bonds. The van der Waals surface area contributed by atoms with Crippen molar-refractivity contribution in [1.82, 2.24) is 15.1 Å². The van der Waals surface area contributed by atoms with Crippen molar-refractivity contribution in [3.63, 3.8) is 0 Å². The molecule has 2 aromatic heterocycles. The van der Waals surface area contributed by atoms with Gasteiger partial charge in [0.15, 0.2) is 0 Å². The first-order valence-electron chi connectivity index (χ1n) is 5.82. The summed E-state index contributed by atoms with van der Waals surface area (Å²) in [5.74, 6) is -0.0279. The van der Waals surface area contributed by atoms with Crippen molar-refractivity contribution in [2.24, 2.45) is 0 Å². The van der Waals surface area contributed by atoms with Gasteiger partial charge in [0.05, 0.1) is 24.5 Å². The minimum Gasteiger partial charge on any atom is -0.464 e. The molecule has 0 fully saturated rings. The Labute approximate surface area is 103 Å². The number of carbonyl (C=O) groups excluding carboxylic acids is 1. The molecule has 1 aromatic carbocycles. The Morgan fingerprint density at radius 1 is 1.44 bits per heavy atom. The summed E-state index contributed by atoms with van der Waals surface area (Å²) >= 11 is 0. The number of benzene rings is 1. The highest BCUT2D eigenvalue weighted by Gasteiger charge is 2.08. The van der Waals surface area contributed by atoms with Gasteiger partial charge in [-0.3, -0.25) is 9.48 Å². The maximum absolute atomic E-state index is 10.9. The number of nitrogens with zero attached hydrogens (tertiary/aromatic N) is 2. The number of carbonyl (C=O) groups is 1. The molecule has 0 saturated heterocycles. The lowest BCUT2D eigenvalue weighted by atomic mass is 10.2. The molecular weight excluding hydrogens is 230 g/mol. The minimum atomic E-state index is -0.0279. The van der Waals surface area contributed by atoms with Crippen LogP contribution in [0.3, 0.4) is 0 Å². The molecule has 1 N–H and O–H groups in total.